The molecule has 3 aromatic rings. The van der Waals surface area contributed by atoms with Crippen LogP contribution in [-0.2, 0) is 27.7 Å². The zero-order valence-electron chi connectivity index (χ0n) is 20.1. The Balaban J connectivity index is 1.18. The summed E-state index contributed by atoms with van der Waals surface area (Å²) in [5, 5.41) is 16.0. The number of benzene rings is 1. The number of rotatable bonds is 6. The lowest BCUT2D eigenvalue weighted by Crippen LogP contribution is -2.49. The number of nitrogens with one attached hydrogen (secondary N) is 2. The number of methoxy groups -OCH3 is 1. The van der Waals surface area contributed by atoms with Crippen LogP contribution in [0.3, 0.4) is 0 Å². The zero-order chi connectivity index (χ0) is 25.2. The molecule has 1 fully saturated rings. The molecule has 190 valence electrons. The minimum atomic E-state index is -0.619. The van der Waals surface area contributed by atoms with Crippen LogP contribution in [0.5, 0.6) is 0 Å². The maximum Gasteiger partial charge on any atom is 0.419 e. The molecule has 2 aromatic heterocycles. The third kappa shape index (κ3) is 5.23. The molecule has 0 bridgehead atoms. The molecule has 5 rings (SSSR count). The number of amides is 1. The van der Waals surface area contributed by atoms with E-state index in [-0.39, 0.29) is 23.0 Å². The molecule has 1 amide bonds. The average molecular weight is 529 g/mol. The summed E-state index contributed by atoms with van der Waals surface area (Å²) in [6.45, 7) is 1.50. The first-order chi connectivity index (χ1) is 17.4. The molecule has 2 aliphatic heterocycles. The van der Waals surface area contributed by atoms with Crippen LogP contribution in [-0.4, -0.2) is 60.8 Å². The lowest BCUT2D eigenvalue weighted by Gasteiger charge is -2.26. The molecule has 0 aliphatic carbocycles. The van der Waals surface area contributed by atoms with Crippen molar-refractivity contribution in [2.45, 2.75) is 47.7 Å². The maximum atomic E-state index is 12.8. The summed E-state index contributed by atoms with van der Waals surface area (Å²) in [5.41, 5.74) is 2.39. The van der Waals surface area contributed by atoms with E-state index in [9.17, 15) is 14.9 Å². The Morgan fingerprint density at radius 1 is 1.39 bits per heavy atom. The summed E-state index contributed by atoms with van der Waals surface area (Å²) in [5.74, 6) is -0.625. The molecule has 4 unspecified atom stereocenters. The molecule has 36 heavy (non-hydrogen) atoms. The first kappa shape index (κ1) is 25.0. The van der Waals surface area contributed by atoms with Gasteiger partial charge in [0.1, 0.15) is 12.1 Å². The van der Waals surface area contributed by atoms with E-state index in [1.54, 1.807) is 37.3 Å². The number of hydrogen-bond donors (Lipinski definition) is 2. The molecule has 11 heteroatoms. The molecule has 0 spiro atoms. The maximum absolute atomic E-state index is 12.8. The molecule has 2 aliphatic rings. The largest absolute Gasteiger partial charge is 0.419 e. The van der Waals surface area contributed by atoms with E-state index in [0.29, 0.717) is 38.1 Å². The number of aromatic nitrogens is 1. The first-order valence-corrected chi connectivity index (χ1v) is 13.6. The average Bonchev–Trinajstić information content (AvgIpc) is 3.50. The van der Waals surface area contributed by atoms with Gasteiger partial charge in [0.2, 0.25) is 0 Å². The highest BCUT2D eigenvalue weighted by Gasteiger charge is 2.30. The standard InChI is InChI=1S/C25H28N4O5S2/c1-29-18-7-14(3-4-19(18)34-25(29)31)21-10-23-22(36-21)9-17(35-23)8-15(11-26)28-24(30)20-13-27-12-16(32-2)5-6-33-20/h3-4,7,10,15-17,20,27H,5-6,8-9,12-13H2,1-2H3,(H,28,30). The Morgan fingerprint density at radius 3 is 3.03 bits per heavy atom. The summed E-state index contributed by atoms with van der Waals surface area (Å²) in [7, 11) is 3.37. The van der Waals surface area contributed by atoms with Gasteiger partial charge in [-0.2, -0.15) is 5.26 Å². The molecule has 4 atom stereocenters. The first-order valence-electron chi connectivity index (χ1n) is 11.9. The predicted octanol–water partition coefficient (Wildman–Crippen LogP) is 2.67. The normalized spacial score (nSPS) is 23.0. The van der Waals surface area contributed by atoms with Crippen LogP contribution >= 0.6 is 23.1 Å². The van der Waals surface area contributed by atoms with Crippen LogP contribution < -0.4 is 16.4 Å². The zero-order valence-corrected chi connectivity index (χ0v) is 21.7. The van der Waals surface area contributed by atoms with E-state index in [4.69, 9.17) is 13.9 Å². The Bertz CT molecular complexity index is 1320. The van der Waals surface area contributed by atoms with Gasteiger partial charge in [-0.05, 0) is 49.1 Å². The number of carbonyl (C=O) groups is 1. The molecule has 1 aromatic carbocycles. The summed E-state index contributed by atoms with van der Waals surface area (Å²) >= 11 is 3.48. The van der Waals surface area contributed by atoms with Crippen LogP contribution in [0.15, 0.2) is 38.4 Å². The summed E-state index contributed by atoms with van der Waals surface area (Å²) in [6, 6.07) is 9.63. The summed E-state index contributed by atoms with van der Waals surface area (Å²) in [6.07, 6.45) is 1.59. The fourth-order valence-electron chi connectivity index (χ4n) is 4.55. The quantitative estimate of drug-likeness (QED) is 0.501. The number of oxazole rings is 1. The van der Waals surface area contributed by atoms with Gasteiger partial charge in [-0.15, -0.1) is 23.1 Å². The minimum absolute atomic E-state index is 0.0735. The molecule has 1 saturated heterocycles. The number of ether oxygens (including phenoxy) is 2. The van der Waals surface area contributed by atoms with Crippen molar-refractivity contribution in [2.75, 3.05) is 26.8 Å². The lowest BCUT2D eigenvalue weighted by atomic mass is 10.1. The van der Waals surface area contributed by atoms with Gasteiger partial charge in [-0.1, -0.05) is 0 Å². The van der Waals surface area contributed by atoms with Crippen LogP contribution in [0.2, 0.25) is 0 Å². The van der Waals surface area contributed by atoms with E-state index in [1.807, 2.05) is 18.2 Å². The highest BCUT2D eigenvalue weighted by molar-refractivity contribution is 8.00. The van der Waals surface area contributed by atoms with Crippen molar-refractivity contribution < 1.29 is 18.7 Å². The summed E-state index contributed by atoms with van der Waals surface area (Å²) in [4.78, 5) is 28.2. The van der Waals surface area contributed by atoms with Gasteiger partial charge in [0.05, 0.1) is 24.3 Å². The van der Waals surface area contributed by atoms with E-state index in [0.717, 1.165) is 22.4 Å². The van der Waals surface area contributed by atoms with Gasteiger partial charge in [0.25, 0.3) is 5.91 Å². The smallest absolute Gasteiger partial charge is 0.408 e. The minimum Gasteiger partial charge on any atom is -0.408 e. The second-order valence-corrected chi connectivity index (χ2v) is 11.5. The molecule has 2 N–H and O–H groups in total. The van der Waals surface area contributed by atoms with Gasteiger partial charge in [0, 0.05) is 47.1 Å². The molecule has 4 heterocycles. The topological polar surface area (TPSA) is 119 Å². The Hall–Kier alpha value is -2.62. The van der Waals surface area contributed by atoms with Gasteiger partial charge in [-0.25, -0.2) is 4.79 Å². The second kappa shape index (κ2) is 10.8. The van der Waals surface area contributed by atoms with Crippen LogP contribution in [0, 0.1) is 11.3 Å². The molecule has 9 nitrogen and oxygen atoms in total. The van der Waals surface area contributed by atoms with Crippen molar-refractivity contribution in [3.05, 3.63) is 39.7 Å². The lowest BCUT2D eigenvalue weighted by molar-refractivity contribution is -0.134. The van der Waals surface area contributed by atoms with E-state index in [1.165, 1.54) is 14.3 Å². The van der Waals surface area contributed by atoms with Crippen LogP contribution in [0.4, 0.5) is 0 Å². The number of nitrogens with zero attached hydrogens (tertiary/aromatic N) is 2. The molecule has 0 saturated carbocycles. The third-order valence-corrected chi connectivity index (χ3v) is 9.26. The van der Waals surface area contributed by atoms with Gasteiger partial charge >= 0.3 is 5.76 Å². The van der Waals surface area contributed by atoms with E-state index < -0.39 is 12.1 Å². The Morgan fingerprint density at radius 2 is 2.25 bits per heavy atom. The summed E-state index contributed by atoms with van der Waals surface area (Å²) < 4.78 is 17.8. The molecular formula is C25H28N4O5S2. The van der Waals surface area contributed by atoms with Crippen LogP contribution in [0.25, 0.3) is 21.5 Å². The van der Waals surface area contributed by atoms with Gasteiger partial charge in [0.15, 0.2) is 5.58 Å². The van der Waals surface area contributed by atoms with Crippen molar-refractivity contribution in [3.8, 4) is 16.5 Å². The second-order valence-electron chi connectivity index (χ2n) is 9.04. The van der Waals surface area contributed by atoms with Crippen molar-refractivity contribution in [3.63, 3.8) is 0 Å². The Labute approximate surface area is 216 Å². The fourth-order valence-corrected chi connectivity index (χ4v) is 7.43. The van der Waals surface area contributed by atoms with E-state index >= 15 is 0 Å². The number of nitriles is 1. The number of aryl methyl sites for hydroxylation is 1. The molecule has 0 radical (unpaired) electrons. The highest BCUT2D eigenvalue weighted by atomic mass is 32.2. The van der Waals surface area contributed by atoms with Gasteiger partial charge in [-0.3, -0.25) is 9.36 Å². The SMILES string of the molecule is COC1CCOC(C(=O)NC(C#N)CC2Cc3sc(-c4ccc5oc(=O)n(C)c5c4)cc3S2)CNC1. The van der Waals surface area contributed by atoms with Crippen molar-refractivity contribution >= 4 is 40.1 Å². The van der Waals surface area contributed by atoms with Crippen molar-refractivity contribution in [1.29, 1.82) is 5.26 Å². The Kier molecular flexibility index (Phi) is 7.50. The van der Waals surface area contributed by atoms with Gasteiger partial charge < -0.3 is 24.5 Å². The number of hydrogen-bond acceptors (Lipinski definition) is 9. The van der Waals surface area contributed by atoms with Crippen molar-refractivity contribution in [2.24, 2.45) is 7.05 Å². The fraction of sp³-hybridized carbons (Fsp3) is 0.480. The van der Waals surface area contributed by atoms with E-state index in [2.05, 4.69) is 22.8 Å². The number of thioether (sulfide) groups is 1. The number of carbonyl (C=O) groups excluding carboxylic acids is 1. The number of fused-ring (bicyclic) bond motifs is 2. The third-order valence-electron chi connectivity index (χ3n) is 6.61. The van der Waals surface area contributed by atoms with Crippen molar-refractivity contribution in [1.82, 2.24) is 15.2 Å². The predicted molar refractivity (Wildman–Crippen MR) is 138 cm³/mol. The highest BCUT2D eigenvalue weighted by Crippen LogP contribution is 2.46. The molecular weight excluding hydrogens is 500 g/mol. The number of thiophene rings is 1. The van der Waals surface area contributed by atoms with Crippen LogP contribution in [0.1, 0.15) is 17.7 Å². The monoisotopic (exact) mass is 528 g/mol.